The summed E-state index contributed by atoms with van der Waals surface area (Å²) in [5, 5.41) is 0. The van der Waals surface area contributed by atoms with E-state index in [-0.39, 0.29) is 0 Å². The summed E-state index contributed by atoms with van der Waals surface area (Å²) in [5.41, 5.74) is 0. The molecule has 0 aromatic heterocycles. The van der Waals surface area contributed by atoms with E-state index in [1.807, 2.05) is 0 Å². The summed E-state index contributed by atoms with van der Waals surface area (Å²) in [5.74, 6) is 0. The SMILES string of the molecule is C1=CC/C=C/C/C=C/C/C=C/C/C=C/C/C=C\C/C=C/C/C=C/C/C=C/C/C=C/C1. The maximum absolute atomic E-state index is 2.24. The lowest BCUT2D eigenvalue weighted by Gasteiger charge is -1.87. The van der Waals surface area contributed by atoms with Gasteiger partial charge in [0, 0.05) is 0 Å². The molecule has 0 heterocycles. The number of hydrogen-bond donors (Lipinski definition) is 0. The van der Waals surface area contributed by atoms with Crippen LogP contribution in [-0.4, -0.2) is 0 Å². The fourth-order valence-electron chi connectivity index (χ4n) is 2.71. The molecule has 160 valence electrons. The number of rotatable bonds is 0. The van der Waals surface area contributed by atoms with Gasteiger partial charge in [0.15, 0.2) is 0 Å². The molecule has 0 bridgehead atoms. The van der Waals surface area contributed by atoms with Gasteiger partial charge in [-0.1, -0.05) is 122 Å². The first-order valence-electron chi connectivity index (χ1n) is 11.5. The molecule has 0 nitrogen and oxygen atoms in total. The zero-order chi connectivity index (χ0) is 21.2. The van der Waals surface area contributed by atoms with Gasteiger partial charge in [-0.3, -0.25) is 0 Å². The summed E-state index contributed by atoms with van der Waals surface area (Å²) in [7, 11) is 0. The average molecular weight is 401 g/mol. The van der Waals surface area contributed by atoms with E-state index in [1.54, 1.807) is 0 Å². The number of allylic oxidation sites excluding steroid dienone is 20. The molecule has 0 aromatic carbocycles. The van der Waals surface area contributed by atoms with Crippen LogP contribution in [0.5, 0.6) is 0 Å². The van der Waals surface area contributed by atoms with Crippen molar-refractivity contribution in [3.63, 3.8) is 0 Å². The first-order valence-corrected chi connectivity index (χ1v) is 11.5. The highest BCUT2D eigenvalue weighted by molar-refractivity contribution is 5.04. The maximum Gasteiger partial charge on any atom is -0.0169 e. The van der Waals surface area contributed by atoms with E-state index in [1.165, 1.54) is 0 Å². The summed E-state index contributed by atoms with van der Waals surface area (Å²) in [4.78, 5) is 0. The third-order valence-electron chi connectivity index (χ3n) is 4.39. The third-order valence-corrected chi connectivity index (χ3v) is 4.39. The van der Waals surface area contributed by atoms with E-state index in [0.29, 0.717) is 0 Å². The van der Waals surface area contributed by atoms with Crippen LogP contribution in [0.25, 0.3) is 0 Å². The Morgan fingerprint density at radius 3 is 0.267 bits per heavy atom. The van der Waals surface area contributed by atoms with E-state index >= 15 is 0 Å². The zero-order valence-corrected chi connectivity index (χ0v) is 18.6. The van der Waals surface area contributed by atoms with E-state index in [2.05, 4.69) is 122 Å². The second kappa shape index (κ2) is 22.7. The summed E-state index contributed by atoms with van der Waals surface area (Å²) in [6, 6.07) is 0. The molecule has 1 rings (SSSR count). The summed E-state index contributed by atoms with van der Waals surface area (Å²) in [6.45, 7) is 0. The Labute approximate surface area is 185 Å². The van der Waals surface area contributed by atoms with Crippen molar-refractivity contribution in [1.82, 2.24) is 0 Å². The number of hydrogen-bond acceptors (Lipinski definition) is 0. The lowest BCUT2D eigenvalue weighted by Crippen LogP contribution is -1.66. The molecule has 0 radical (unpaired) electrons. The zero-order valence-electron chi connectivity index (χ0n) is 18.6. The highest BCUT2D eigenvalue weighted by atomic mass is 13.8. The van der Waals surface area contributed by atoms with E-state index in [9.17, 15) is 0 Å². The largest absolute Gasteiger partial charge is 0.0844 e. The average Bonchev–Trinajstić information content (AvgIpc) is 2.76. The summed E-state index contributed by atoms with van der Waals surface area (Å²) >= 11 is 0. The monoisotopic (exact) mass is 400 g/mol. The minimum Gasteiger partial charge on any atom is -0.0844 e. The van der Waals surface area contributed by atoms with Crippen LogP contribution in [0.3, 0.4) is 0 Å². The molecule has 0 saturated carbocycles. The summed E-state index contributed by atoms with van der Waals surface area (Å²) in [6.07, 6.45) is 55.0. The lowest BCUT2D eigenvalue weighted by molar-refractivity contribution is 1.23. The Bertz CT molecular complexity index is 430. The predicted molar refractivity (Wildman–Crippen MR) is 138 cm³/mol. The molecule has 0 amide bonds. The van der Waals surface area contributed by atoms with Gasteiger partial charge in [-0.2, -0.15) is 0 Å². The highest BCUT2D eigenvalue weighted by Gasteiger charge is 1.78. The Balaban J connectivity index is 2.40. The van der Waals surface area contributed by atoms with Crippen LogP contribution in [0.15, 0.2) is 122 Å². The molecule has 30 heavy (non-hydrogen) atoms. The Morgan fingerprint density at radius 2 is 0.200 bits per heavy atom. The summed E-state index contributed by atoms with van der Waals surface area (Å²) < 4.78 is 0. The van der Waals surface area contributed by atoms with Crippen LogP contribution in [-0.2, 0) is 0 Å². The van der Waals surface area contributed by atoms with Gasteiger partial charge in [-0.25, -0.2) is 0 Å². The molecule has 0 aliphatic heterocycles. The van der Waals surface area contributed by atoms with Crippen molar-refractivity contribution in [2.24, 2.45) is 0 Å². The van der Waals surface area contributed by atoms with Gasteiger partial charge in [-0.15, -0.1) is 0 Å². The van der Waals surface area contributed by atoms with Crippen molar-refractivity contribution in [3.05, 3.63) is 122 Å². The molecule has 0 spiro atoms. The maximum atomic E-state index is 2.24. The van der Waals surface area contributed by atoms with Gasteiger partial charge >= 0.3 is 0 Å². The van der Waals surface area contributed by atoms with Crippen LogP contribution < -0.4 is 0 Å². The normalized spacial score (nSPS) is 28.3. The Kier molecular flexibility index (Phi) is 19.2. The molecule has 0 unspecified atom stereocenters. The first kappa shape index (κ1) is 25.4. The van der Waals surface area contributed by atoms with E-state index in [0.717, 1.165) is 64.2 Å². The molecule has 1 aliphatic carbocycles. The molecule has 0 fully saturated rings. The molecule has 1 aliphatic rings. The van der Waals surface area contributed by atoms with Crippen molar-refractivity contribution in [3.8, 4) is 0 Å². The standard InChI is InChI=1S/C30H40/c1-2-4-6-8-10-12-14-16-18-20-22-24-26-28-30-29-27-25-23-21-19-17-15-13-11-9-7-5-3-1/h1-2,5-8,11-14,17-20,23-26,29-30H,3-4,9-10,15-16,21-22,27-28H2/b2-1-,7-5+,8-6+,13-11+,14-12+,19-17+,20-18+,25-23+,26-24+,30-29?. The lowest BCUT2D eigenvalue weighted by atomic mass is 10.2. The van der Waals surface area contributed by atoms with Crippen molar-refractivity contribution < 1.29 is 0 Å². The Hall–Kier alpha value is -2.60. The van der Waals surface area contributed by atoms with Crippen LogP contribution in [0.4, 0.5) is 0 Å². The minimum atomic E-state index is 1.02. The fraction of sp³-hybridized carbons (Fsp3) is 0.333. The fourth-order valence-corrected chi connectivity index (χ4v) is 2.71. The van der Waals surface area contributed by atoms with Gasteiger partial charge in [-0.05, 0) is 64.2 Å². The van der Waals surface area contributed by atoms with Crippen molar-refractivity contribution in [2.75, 3.05) is 0 Å². The van der Waals surface area contributed by atoms with E-state index < -0.39 is 0 Å². The molecular formula is C30H40. The van der Waals surface area contributed by atoms with E-state index in [4.69, 9.17) is 0 Å². The minimum absolute atomic E-state index is 1.02. The molecule has 0 N–H and O–H groups in total. The first-order chi connectivity index (χ1) is 15.0. The molecule has 0 aromatic rings. The van der Waals surface area contributed by atoms with Gasteiger partial charge < -0.3 is 0 Å². The highest BCUT2D eigenvalue weighted by Crippen LogP contribution is 1.99. The second-order valence-corrected chi connectivity index (χ2v) is 7.07. The Morgan fingerprint density at radius 1 is 0.133 bits per heavy atom. The predicted octanol–water partition coefficient (Wildman–Crippen LogP) is 9.46. The van der Waals surface area contributed by atoms with Crippen LogP contribution in [0.2, 0.25) is 0 Å². The van der Waals surface area contributed by atoms with Crippen LogP contribution >= 0.6 is 0 Å². The molecule has 0 atom stereocenters. The van der Waals surface area contributed by atoms with Gasteiger partial charge in [0.25, 0.3) is 0 Å². The van der Waals surface area contributed by atoms with Gasteiger partial charge in [0.2, 0.25) is 0 Å². The molecular weight excluding hydrogens is 360 g/mol. The smallest absolute Gasteiger partial charge is 0.0169 e. The van der Waals surface area contributed by atoms with Crippen LogP contribution in [0.1, 0.15) is 64.2 Å². The third kappa shape index (κ3) is 20.1. The van der Waals surface area contributed by atoms with Gasteiger partial charge in [0.1, 0.15) is 0 Å². The van der Waals surface area contributed by atoms with Crippen molar-refractivity contribution in [2.45, 2.75) is 64.2 Å². The quantitative estimate of drug-likeness (QED) is 0.355. The molecule has 0 heteroatoms. The topological polar surface area (TPSA) is 0 Å². The van der Waals surface area contributed by atoms with Crippen molar-refractivity contribution >= 4 is 0 Å². The van der Waals surface area contributed by atoms with Gasteiger partial charge in [0.05, 0.1) is 0 Å². The van der Waals surface area contributed by atoms with Crippen LogP contribution in [0, 0.1) is 0 Å². The molecule has 0 saturated heterocycles. The van der Waals surface area contributed by atoms with Crippen molar-refractivity contribution in [1.29, 1.82) is 0 Å². The second-order valence-electron chi connectivity index (χ2n) is 7.07.